The van der Waals surface area contributed by atoms with Gasteiger partial charge >= 0.3 is 41.7 Å². The normalized spacial score (nSPS) is 13.3. The van der Waals surface area contributed by atoms with Gasteiger partial charge in [-0.2, -0.15) is 22.0 Å². The van der Waals surface area contributed by atoms with Crippen LogP contribution in [-0.2, 0) is 10.1 Å². The summed E-state index contributed by atoms with van der Waals surface area (Å²) in [5, 5.41) is 0. The molecule has 0 aliphatic rings. The summed E-state index contributed by atoms with van der Waals surface area (Å²) >= 11 is 0. The second kappa shape index (κ2) is 6.85. The molecule has 4 nitrogen and oxygen atoms in total. The fraction of sp³-hybridized carbons (Fsp3) is 0.111. The summed E-state index contributed by atoms with van der Waals surface area (Å²) in [7, 11) is -4.75. The number of benzene rings is 1. The first-order chi connectivity index (χ1) is 8.51. The van der Waals surface area contributed by atoms with Gasteiger partial charge < -0.3 is 9.29 Å². The van der Waals surface area contributed by atoms with Crippen LogP contribution in [0.4, 0.5) is 22.0 Å². The Morgan fingerprint density at radius 1 is 1.10 bits per heavy atom. The summed E-state index contributed by atoms with van der Waals surface area (Å²) in [5.74, 6) is -3.67. The molecule has 0 bridgehead atoms. The third-order valence-electron chi connectivity index (χ3n) is 1.74. The van der Waals surface area contributed by atoms with Crippen LogP contribution < -0.4 is 34.3 Å². The average Bonchev–Trinajstić information content (AvgIpc) is 2.26. The molecular formula is C9H4F5NaO4S. The molecule has 0 saturated carbocycles. The fourth-order valence-corrected chi connectivity index (χ4v) is 1.40. The van der Waals surface area contributed by atoms with Crippen molar-refractivity contribution >= 4 is 10.1 Å². The predicted molar refractivity (Wildman–Crippen MR) is 50.3 cm³/mol. The van der Waals surface area contributed by atoms with Gasteiger partial charge in [0.25, 0.3) is 5.83 Å². The maximum atomic E-state index is 12.7. The molecule has 20 heavy (non-hydrogen) atoms. The first-order valence-corrected chi connectivity index (χ1v) is 5.79. The zero-order valence-corrected chi connectivity index (χ0v) is 12.6. The zero-order valence-electron chi connectivity index (χ0n) is 9.74. The molecule has 0 amide bonds. The van der Waals surface area contributed by atoms with Gasteiger partial charge in [-0.15, -0.1) is 0 Å². The van der Waals surface area contributed by atoms with E-state index in [-0.39, 0.29) is 29.6 Å². The van der Waals surface area contributed by atoms with E-state index in [1.165, 1.54) is 0 Å². The quantitative estimate of drug-likeness (QED) is 0.329. The van der Waals surface area contributed by atoms with Gasteiger partial charge in [0, 0.05) is 0 Å². The van der Waals surface area contributed by atoms with Gasteiger partial charge in [-0.1, -0.05) is 0 Å². The van der Waals surface area contributed by atoms with Crippen LogP contribution in [0, 0.1) is 0 Å². The standard InChI is InChI=1S/C9H5F5O4S.Na/c10-7(9(12,13)14)8(11)18-5-1-3-6(4-2-5)19(15,16)17;/h1-4H,(H,15,16,17);/q;+1/p-1/b8-7-;. The van der Waals surface area contributed by atoms with Crippen molar-refractivity contribution in [3.05, 3.63) is 36.1 Å². The maximum absolute atomic E-state index is 12.7. The number of halogens is 5. The van der Waals surface area contributed by atoms with Crippen LogP contribution in [0.25, 0.3) is 0 Å². The van der Waals surface area contributed by atoms with E-state index in [0.29, 0.717) is 24.3 Å². The van der Waals surface area contributed by atoms with Crippen molar-refractivity contribution in [3.8, 4) is 5.75 Å². The molecule has 0 spiro atoms. The van der Waals surface area contributed by atoms with Gasteiger partial charge in [0.15, 0.2) is 0 Å². The molecule has 0 radical (unpaired) electrons. The summed E-state index contributed by atoms with van der Waals surface area (Å²) in [6.07, 6.45) is -5.54. The monoisotopic (exact) mass is 326 g/mol. The molecule has 0 heterocycles. The van der Waals surface area contributed by atoms with Gasteiger partial charge in [-0.3, -0.25) is 0 Å². The van der Waals surface area contributed by atoms with Crippen LogP contribution in [0.3, 0.4) is 0 Å². The molecule has 0 fully saturated rings. The Kier molecular flexibility index (Phi) is 6.62. The third kappa shape index (κ3) is 5.37. The van der Waals surface area contributed by atoms with Gasteiger partial charge in [0.05, 0.1) is 4.90 Å². The Morgan fingerprint density at radius 3 is 1.90 bits per heavy atom. The number of rotatable bonds is 3. The van der Waals surface area contributed by atoms with E-state index in [4.69, 9.17) is 0 Å². The maximum Gasteiger partial charge on any atom is 1.00 e. The van der Waals surface area contributed by atoms with Crippen molar-refractivity contribution < 1.29 is 69.2 Å². The minimum Gasteiger partial charge on any atom is -0.744 e. The third-order valence-corrected chi connectivity index (χ3v) is 2.59. The molecule has 1 aromatic carbocycles. The number of allylic oxidation sites excluding steroid dienone is 1. The van der Waals surface area contributed by atoms with Crippen LogP contribution >= 0.6 is 0 Å². The molecule has 0 N–H and O–H groups in total. The molecule has 0 atom stereocenters. The number of hydrogen-bond acceptors (Lipinski definition) is 4. The zero-order chi connectivity index (χ0) is 14.8. The Hall–Kier alpha value is -0.680. The van der Waals surface area contributed by atoms with Crippen molar-refractivity contribution in [1.29, 1.82) is 0 Å². The fourth-order valence-electron chi connectivity index (χ4n) is 0.934. The molecule has 0 saturated heterocycles. The predicted octanol–water partition coefficient (Wildman–Crippen LogP) is -0.356. The van der Waals surface area contributed by atoms with Crippen molar-refractivity contribution in [2.24, 2.45) is 0 Å². The molecule has 0 aliphatic heterocycles. The van der Waals surface area contributed by atoms with Crippen molar-refractivity contribution in [2.75, 3.05) is 0 Å². The number of hydrogen-bond donors (Lipinski definition) is 0. The van der Waals surface area contributed by atoms with E-state index >= 15 is 0 Å². The van der Waals surface area contributed by atoms with Crippen LogP contribution in [0.1, 0.15) is 0 Å². The Morgan fingerprint density at radius 2 is 1.55 bits per heavy atom. The molecule has 1 rings (SSSR count). The van der Waals surface area contributed by atoms with Gasteiger partial charge in [-0.05, 0) is 24.3 Å². The number of alkyl halides is 3. The number of ether oxygens (including phenoxy) is 1. The van der Waals surface area contributed by atoms with Crippen LogP contribution in [-0.4, -0.2) is 19.1 Å². The summed E-state index contributed by atoms with van der Waals surface area (Å²) in [5.41, 5.74) is 0. The van der Waals surface area contributed by atoms with Crippen molar-refractivity contribution in [2.45, 2.75) is 11.1 Å². The summed E-state index contributed by atoms with van der Waals surface area (Å²) in [4.78, 5) is -0.694. The largest absolute Gasteiger partial charge is 1.00 e. The summed E-state index contributed by atoms with van der Waals surface area (Å²) in [6, 6.07) is 0.236. The Balaban J connectivity index is 0.00000361. The smallest absolute Gasteiger partial charge is 0.744 e. The van der Waals surface area contributed by atoms with Crippen LogP contribution in [0.5, 0.6) is 5.75 Å². The molecule has 0 unspecified atom stereocenters. The first-order valence-electron chi connectivity index (χ1n) is 4.38. The first kappa shape index (κ1) is 19.3. The van der Waals surface area contributed by atoms with E-state index in [2.05, 4.69) is 4.74 Å². The van der Waals surface area contributed by atoms with E-state index in [0.717, 1.165) is 0 Å². The van der Waals surface area contributed by atoms with E-state index in [1.54, 1.807) is 0 Å². The molecule has 11 heteroatoms. The van der Waals surface area contributed by atoms with Gasteiger partial charge in [0.1, 0.15) is 15.9 Å². The van der Waals surface area contributed by atoms with Gasteiger partial charge in [-0.25, -0.2) is 8.42 Å². The van der Waals surface area contributed by atoms with Gasteiger partial charge in [0.2, 0.25) is 0 Å². The molecule has 0 aliphatic carbocycles. The SMILES string of the molecule is O=S(=O)([O-])c1ccc(O/C(F)=C(\F)C(F)(F)F)cc1.[Na+]. The van der Waals surface area contributed by atoms with Crippen LogP contribution in [0.15, 0.2) is 41.0 Å². The average molecular weight is 326 g/mol. The summed E-state index contributed by atoms with van der Waals surface area (Å²) < 4.78 is 95.8. The molecule has 1 aromatic rings. The van der Waals surface area contributed by atoms with Crippen LogP contribution in [0.2, 0.25) is 0 Å². The van der Waals surface area contributed by atoms with Crippen molar-refractivity contribution in [3.63, 3.8) is 0 Å². The van der Waals surface area contributed by atoms with Crippen molar-refractivity contribution in [1.82, 2.24) is 0 Å². The minimum atomic E-state index is -5.54. The van der Waals surface area contributed by atoms with E-state index in [9.17, 15) is 34.9 Å². The second-order valence-electron chi connectivity index (χ2n) is 3.11. The molecule has 0 aromatic heterocycles. The second-order valence-corrected chi connectivity index (χ2v) is 4.49. The Bertz CT molecular complexity index is 594. The molecular weight excluding hydrogens is 322 g/mol. The molecule has 106 valence electrons. The van der Waals surface area contributed by atoms with E-state index in [1.807, 2.05) is 0 Å². The Labute approximate surface area is 132 Å². The topological polar surface area (TPSA) is 66.4 Å². The van der Waals surface area contributed by atoms with E-state index < -0.39 is 38.8 Å². The minimum absolute atomic E-state index is 0. The summed E-state index contributed by atoms with van der Waals surface area (Å²) in [6.45, 7) is 0.